The highest BCUT2D eigenvalue weighted by atomic mass is 19.1. The van der Waals surface area contributed by atoms with Gasteiger partial charge in [0.1, 0.15) is 17.3 Å². The lowest BCUT2D eigenvalue weighted by Crippen LogP contribution is -2.02. The minimum Gasteiger partial charge on any atom is -0.445 e. The number of hydrogen-bond acceptors (Lipinski definition) is 3. The molecule has 0 aliphatic carbocycles. The molecule has 0 atom stereocenters. The highest BCUT2D eigenvalue weighted by molar-refractivity contribution is 5.61. The number of nitrogens with two attached hydrogens (primary N) is 1. The van der Waals surface area contributed by atoms with Crippen LogP contribution >= 0.6 is 0 Å². The second-order valence-electron chi connectivity index (χ2n) is 3.55. The lowest BCUT2D eigenvalue weighted by atomic mass is 10.1. The molecule has 0 radical (unpaired) electrons. The van der Waals surface area contributed by atoms with Crippen LogP contribution in [0, 0.1) is 12.7 Å². The number of aryl methyl sites for hydroxylation is 1. The zero-order chi connectivity index (χ0) is 11.5. The molecule has 0 bridgehead atoms. The SMILES string of the molecule is Cc1nc(-c2ccc(F)cc2)c(CCN)o1. The maximum absolute atomic E-state index is 12.8. The van der Waals surface area contributed by atoms with Crippen LogP contribution in [-0.2, 0) is 6.42 Å². The van der Waals surface area contributed by atoms with Crippen molar-refractivity contribution in [3.8, 4) is 11.3 Å². The van der Waals surface area contributed by atoms with Gasteiger partial charge in [-0.05, 0) is 30.8 Å². The van der Waals surface area contributed by atoms with Crippen molar-refractivity contribution in [2.24, 2.45) is 5.73 Å². The summed E-state index contributed by atoms with van der Waals surface area (Å²) in [6.07, 6.45) is 0.632. The smallest absolute Gasteiger partial charge is 0.191 e. The van der Waals surface area contributed by atoms with E-state index in [-0.39, 0.29) is 5.82 Å². The van der Waals surface area contributed by atoms with Crippen molar-refractivity contribution in [3.63, 3.8) is 0 Å². The Labute approximate surface area is 93.1 Å². The summed E-state index contributed by atoms with van der Waals surface area (Å²) >= 11 is 0. The van der Waals surface area contributed by atoms with Crippen molar-refractivity contribution in [3.05, 3.63) is 41.7 Å². The Bertz CT molecular complexity index is 476. The Morgan fingerprint density at radius 1 is 1.31 bits per heavy atom. The molecule has 0 unspecified atom stereocenters. The van der Waals surface area contributed by atoms with E-state index in [9.17, 15) is 4.39 Å². The van der Waals surface area contributed by atoms with Gasteiger partial charge in [-0.1, -0.05) is 0 Å². The fraction of sp³-hybridized carbons (Fsp3) is 0.250. The van der Waals surface area contributed by atoms with Crippen molar-refractivity contribution in [2.45, 2.75) is 13.3 Å². The summed E-state index contributed by atoms with van der Waals surface area (Å²) in [5, 5.41) is 0. The number of hydrogen-bond donors (Lipinski definition) is 1. The second-order valence-corrected chi connectivity index (χ2v) is 3.55. The third-order valence-electron chi connectivity index (χ3n) is 2.29. The summed E-state index contributed by atoms with van der Waals surface area (Å²) in [5.74, 6) is 1.10. The molecule has 16 heavy (non-hydrogen) atoms. The summed E-state index contributed by atoms with van der Waals surface area (Å²) in [6, 6.07) is 6.19. The van der Waals surface area contributed by atoms with Gasteiger partial charge < -0.3 is 10.2 Å². The zero-order valence-corrected chi connectivity index (χ0v) is 9.03. The van der Waals surface area contributed by atoms with Crippen LogP contribution in [0.4, 0.5) is 4.39 Å². The molecule has 1 aromatic heterocycles. The van der Waals surface area contributed by atoms with E-state index in [1.807, 2.05) is 0 Å². The predicted molar refractivity (Wildman–Crippen MR) is 59.4 cm³/mol. The molecular weight excluding hydrogens is 207 g/mol. The molecule has 2 N–H and O–H groups in total. The van der Waals surface area contributed by atoms with E-state index in [4.69, 9.17) is 10.2 Å². The summed E-state index contributed by atoms with van der Waals surface area (Å²) in [6.45, 7) is 2.29. The fourth-order valence-corrected chi connectivity index (χ4v) is 1.60. The van der Waals surface area contributed by atoms with Gasteiger partial charge >= 0.3 is 0 Å². The monoisotopic (exact) mass is 220 g/mol. The van der Waals surface area contributed by atoms with Crippen LogP contribution in [0.5, 0.6) is 0 Å². The fourth-order valence-electron chi connectivity index (χ4n) is 1.60. The number of benzene rings is 1. The summed E-state index contributed by atoms with van der Waals surface area (Å²) in [5.41, 5.74) is 7.09. The van der Waals surface area contributed by atoms with Gasteiger partial charge in [-0.25, -0.2) is 9.37 Å². The topological polar surface area (TPSA) is 52.0 Å². The van der Waals surface area contributed by atoms with Gasteiger partial charge in [0.15, 0.2) is 5.89 Å². The molecule has 2 rings (SSSR count). The molecule has 1 heterocycles. The maximum Gasteiger partial charge on any atom is 0.191 e. The molecule has 0 spiro atoms. The van der Waals surface area contributed by atoms with Gasteiger partial charge in [0, 0.05) is 18.9 Å². The van der Waals surface area contributed by atoms with Gasteiger partial charge in [0.05, 0.1) is 0 Å². The number of nitrogens with zero attached hydrogens (tertiary/aromatic N) is 1. The average Bonchev–Trinajstić information content (AvgIpc) is 2.61. The lowest BCUT2D eigenvalue weighted by Gasteiger charge is -1.99. The number of aromatic nitrogens is 1. The Balaban J connectivity index is 2.42. The van der Waals surface area contributed by atoms with E-state index in [1.54, 1.807) is 19.1 Å². The van der Waals surface area contributed by atoms with Crippen LogP contribution < -0.4 is 5.73 Å². The van der Waals surface area contributed by atoms with Gasteiger partial charge in [-0.3, -0.25) is 0 Å². The maximum atomic E-state index is 12.8. The van der Waals surface area contributed by atoms with Crippen molar-refractivity contribution >= 4 is 0 Å². The molecule has 0 aliphatic rings. The number of rotatable bonds is 3. The molecule has 4 heteroatoms. The first-order chi connectivity index (χ1) is 7.70. The summed E-state index contributed by atoms with van der Waals surface area (Å²) in [4.78, 5) is 4.28. The number of halogens is 1. The van der Waals surface area contributed by atoms with Crippen LogP contribution in [0.3, 0.4) is 0 Å². The van der Waals surface area contributed by atoms with Crippen molar-refractivity contribution in [1.82, 2.24) is 4.98 Å². The standard InChI is InChI=1S/C12H13FN2O/c1-8-15-12(11(16-8)6-7-14)9-2-4-10(13)5-3-9/h2-5H,6-7,14H2,1H3. The van der Waals surface area contributed by atoms with E-state index >= 15 is 0 Å². The van der Waals surface area contributed by atoms with Crippen molar-refractivity contribution in [2.75, 3.05) is 6.54 Å². The molecule has 0 aliphatic heterocycles. The van der Waals surface area contributed by atoms with Crippen LogP contribution in [-0.4, -0.2) is 11.5 Å². The molecule has 0 saturated heterocycles. The minimum atomic E-state index is -0.260. The number of oxazole rings is 1. The van der Waals surface area contributed by atoms with E-state index in [0.717, 1.165) is 17.0 Å². The molecule has 0 amide bonds. The molecule has 3 nitrogen and oxygen atoms in total. The van der Waals surface area contributed by atoms with Gasteiger partial charge in [-0.15, -0.1) is 0 Å². The lowest BCUT2D eigenvalue weighted by molar-refractivity contribution is 0.476. The third-order valence-corrected chi connectivity index (χ3v) is 2.29. The Hall–Kier alpha value is -1.68. The average molecular weight is 220 g/mol. The highest BCUT2D eigenvalue weighted by Gasteiger charge is 2.12. The molecule has 0 saturated carbocycles. The van der Waals surface area contributed by atoms with E-state index < -0.39 is 0 Å². The van der Waals surface area contributed by atoms with E-state index in [2.05, 4.69) is 4.98 Å². The van der Waals surface area contributed by atoms with Gasteiger partial charge in [-0.2, -0.15) is 0 Å². The largest absolute Gasteiger partial charge is 0.445 e. The Morgan fingerprint density at radius 3 is 2.62 bits per heavy atom. The first-order valence-electron chi connectivity index (χ1n) is 5.13. The van der Waals surface area contributed by atoms with Crippen molar-refractivity contribution < 1.29 is 8.81 Å². The Kier molecular flexibility index (Phi) is 3.01. The van der Waals surface area contributed by atoms with Crippen LogP contribution in [0.1, 0.15) is 11.7 Å². The van der Waals surface area contributed by atoms with Gasteiger partial charge in [0.2, 0.25) is 0 Å². The first-order valence-corrected chi connectivity index (χ1v) is 5.13. The van der Waals surface area contributed by atoms with Gasteiger partial charge in [0.25, 0.3) is 0 Å². The summed E-state index contributed by atoms with van der Waals surface area (Å²) < 4.78 is 18.2. The zero-order valence-electron chi connectivity index (χ0n) is 9.03. The molecular formula is C12H13FN2O. The molecule has 1 aromatic carbocycles. The third kappa shape index (κ3) is 2.12. The highest BCUT2D eigenvalue weighted by Crippen LogP contribution is 2.24. The summed E-state index contributed by atoms with van der Waals surface area (Å²) in [7, 11) is 0. The normalized spacial score (nSPS) is 10.7. The van der Waals surface area contributed by atoms with E-state index in [0.29, 0.717) is 18.9 Å². The van der Waals surface area contributed by atoms with E-state index in [1.165, 1.54) is 12.1 Å². The molecule has 0 fully saturated rings. The first kappa shape index (κ1) is 10.8. The Morgan fingerprint density at radius 2 is 2.00 bits per heavy atom. The van der Waals surface area contributed by atoms with Crippen molar-refractivity contribution in [1.29, 1.82) is 0 Å². The quantitative estimate of drug-likeness (QED) is 0.863. The predicted octanol–water partition coefficient (Wildman–Crippen LogP) is 2.29. The van der Waals surface area contributed by atoms with Crippen LogP contribution in [0.2, 0.25) is 0 Å². The molecule has 84 valence electrons. The van der Waals surface area contributed by atoms with Crippen LogP contribution in [0.15, 0.2) is 28.7 Å². The second kappa shape index (κ2) is 4.45. The molecule has 2 aromatic rings. The van der Waals surface area contributed by atoms with Crippen LogP contribution in [0.25, 0.3) is 11.3 Å². The minimum absolute atomic E-state index is 0.260.